The first kappa shape index (κ1) is 15.0. The number of ether oxygens (including phenoxy) is 1. The number of hydrogen-bond acceptors (Lipinski definition) is 4. The number of hydrogen-bond donors (Lipinski definition) is 1. The topological polar surface area (TPSA) is 49.8 Å². The highest BCUT2D eigenvalue weighted by Gasteiger charge is 2.26. The van der Waals surface area contributed by atoms with Gasteiger partial charge in [0.1, 0.15) is 11.6 Å². The van der Waals surface area contributed by atoms with Crippen molar-refractivity contribution in [1.82, 2.24) is 4.90 Å². The van der Waals surface area contributed by atoms with E-state index < -0.39 is 17.4 Å². The Hall–Kier alpha value is -1.37. The first-order valence-corrected chi connectivity index (χ1v) is 6.46. The molecule has 1 aromatic rings. The molecule has 2 unspecified atom stereocenters. The van der Waals surface area contributed by atoms with Gasteiger partial charge in [0.2, 0.25) is 0 Å². The molecule has 20 heavy (non-hydrogen) atoms. The van der Waals surface area contributed by atoms with Crippen LogP contribution in [-0.4, -0.2) is 54.2 Å². The zero-order valence-corrected chi connectivity index (χ0v) is 11.2. The maximum Gasteiger partial charge on any atom is 0.179 e. The Balaban J connectivity index is 2.03. The van der Waals surface area contributed by atoms with Crippen LogP contribution in [0.1, 0.15) is 17.3 Å². The zero-order valence-electron chi connectivity index (χ0n) is 11.2. The summed E-state index contributed by atoms with van der Waals surface area (Å²) in [5.74, 6) is -1.97. The summed E-state index contributed by atoms with van der Waals surface area (Å²) in [6, 6.07) is 2.92. The maximum atomic E-state index is 13.5. The molecule has 0 bridgehead atoms. The molecule has 0 saturated carbocycles. The monoisotopic (exact) mass is 285 g/mol. The first-order chi connectivity index (χ1) is 9.49. The Morgan fingerprint density at radius 3 is 2.85 bits per heavy atom. The van der Waals surface area contributed by atoms with E-state index in [4.69, 9.17) is 9.84 Å². The summed E-state index contributed by atoms with van der Waals surface area (Å²) in [5, 5.41) is 9.11. The number of carbonyl (C=O) groups is 1. The highest BCUT2D eigenvalue weighted by Crippen LogP contribution is 2.14. The van der Waals surface area contributed by atoms with Crippen molar-refractivity contribution in [1.29, 1.82) is 0 Å². The van der Waals surface area contributed by atoms with E-state index in [1.165, 1.54) is 0 Å². The average molecular weight is 285 g/mol. The van der Waals surface area contributed by atoms with Crippen LogP contribution in [0.5, 0.6) is 0 Å². The standard InChI is InChI=1S/C14H17F2NO3/c1-9-5-17(6-11(8-18)20-9)7-14(19)12-3-2-10(15)4-13(12)16/h2-4,9,11,18H,5-8H2,1H3. The van der Waals surface area contributed by atoms with Gasteiger partial charge in [0.25, 0.3) is 0 Å². The van der Waals surface area contributed by atoms with Crippen LogP contribution in [0.15, 0.2) is 18.2 Å². The summed E-state index contributed by atoms with van der Waals surface area (Å²) in [6.45, 7) is 2.69. The van der Waals surface area contributed by atoms with Gasteiger partial charge in [-0.3, -0.25) is 9.69 Å². The summed E-state index contributed by atoms with van der Waals surface area (Å²) >= 11 is 0. The van der Waals surface area contributed by atoms with Crippen LogP contribution in [0.25, 0.3) is 0 Å². The fourth-order valence-electron chi connectivity index (χ4n) is 2.37. The van der Waals surface area contributed by atoms with Crippen molar-refractivity contribution >= 4 is 5.78 Å². The van der Waals surface area contributed by atoms with Gasteiger partial charge in [0, 0.05) is 19.2 Å². The smallest absolute Gasteiger partial charge is 0.179 e. The minimum atomic E-state index is -0.852. The van der Waals surface area contributed by atoms with Gasteiger partial charge in [-0.15, -0.1) is 0 Å². The Labute approximate surface area is 116 Å². The fourth-order valence-corrected chi connectivity index (χ4v) is 2.37. The number of rotatable bonds is 4. The summed E-state index contributed by atoms with van der Waals surface area (Å²) in [5.41, 5.74) is -0.119. The SMILES string of the molecule is CC1CN(CC(=O)c2ccc(F)cc2F)CC(CO)O1. The van der Waals surface area contributed by atoms with Crippen molar-refractivity contribution in [3.63, 3.8) is 0 Å². The molecule has 2 rings (SSSR count). The Bertz CT molecular complexity index is 495. The molecule has 1 aliphatic heterocycles. The lowest BCUT2D eigenvalue weighted by Crippen LogP contribution is -2.49. The highest BCUT2D eigenvalue weighted by atomic mass is 19.1. The molecule has 2 atom stereocenters. The van der Waals surface area contributed by atoms with Gasteiger partial charge in [0.15, 0.2) is 5.78 Å². The summed E-state index contributed by atoms with van der Waals surface area (Å²) < 4.78 is 31.8. The van der Waals surface area contributed by atoms with Gasteiger partial charge in [0.05, 0.1) is 30.9 Å². The van der Waals surface area contributed by atoms with Crippen LogP contribution in [0, 0.1) is 11.6 Å². The van der Waals surface area contributed by atoms with Crippen LogP contribution in [0.2, 0.25) is 0 Å². The zero-order chi connectivity index (χ0) is 14.7. The van der Waals surface area contributed by atoms with Gasteiger partial charge in [-0.1, -0.05) is 0 Å². The first-order valence-electron chi connectivity index (χ1n) is 6.46. The molecular weight excluding hydrogens is 268 g/mol. The molecule has 1 fully saturated rings. The second-order valence-corrected chi connectivity index (χ2v) is 4.99. The molecular formula is C14H17F2NO3. The second kappa shape index (κ2) is 6.39. The van der Waals surface area contributed by atoms with Crippen LogP contribution in [0.3, 0.4) is 0 Å². The Morgan fingerprint density at radius 1 is 1.45 bits per heavy atom. The third-order valence-corrected chi connectivity index (χ3v) is 3.20. The number of ketones is 1. The van der Waals surface area contributed by atoms with Crippen LogP contribution >= 0.6 is 0 Å². The van der Waals surface area contributed by atoms with Crippen molar-refractivity contribution < 1.29 is 23.4 Å². The normalized spacial score (nSPS) is 23.8. The molecule has 1 saturated heterocycles. The summed E-state index contributed by atoms with van der Waals surface area (Å²) in [7, 11) is 0. The van der Waals surface area contributed by atoms with Gasteiger partial charge >= 0.3 is 0 Å². The molecule has 110 valence electrons. The van der Waals surface area contributed by atoms with E-state index in [1.54, 1.807) is 4.90 Å². The maximum absolute atomic E-state index is 13.5. The third kappa shape index (κ3) is 3.59. The predicted octanol–water partition coefficient (Wildman–Crippen LogP) is 1.23. The summed E-state index contributed by atoms with van der Waals surface area (Å²) in [6.07, 6.45) is -0.448. The molecule has 1 aromatic carbocycles. The lowest BCUT2D eigenvalue weighted by atomic mass is 10.1. The van der Waals surface area contributed by atoms with Crippen molar-refractivity contribution in [2.45, 2.75) is 19.1 Å². The minimum absolute atomic E-state index is 0.0206. The van der Waals surface area contributed by atoms with Gasteiger partial charge in [-0.05, 0) is 19.1 Å². The molecule has 1 heterocycles. The molecule has 6 heteroatoms. The molecule has 0 radical (unpaired) electrons. The number of halogens is 2. The number of aliphatic hydroxyl groups is 1. The van der Waals surface area contributed by atoms with Crippen LogP contribution < -0.4 is 0 Å². The third-order valence-electron chi connectivity index (χ3n) is 3.20. The van der Waals surface area contributed by atoms with Crippen LogP contribution in [-0.2, 0) is 4.74 Å². The molecule has 4 nitrogen and oxygen atoms in total. The lowest BCUT2D eigenvalue weighted by Gasteiger charge is -2.35. The quantitative estimate of drug-likeness (QED) is 0.845. The number of nitrogens with zero attached hydrogens (tertiary/aromatic N) is 1. The second-order valence-electron chi connectivity index (χ2n) is 4.99. The fraction of sp³-hybridized carbons (Fsp3) is 0.500. The van der Waals surface area contributed by atoms with E-state index >= 15 is 0 Å². The molecule has 0 amide bonds. The number of morpholine rings is 1. The Kier molecular flexibility index (Phi) is 4.80. The number of carbonyl (C=O) groups excluding carboxylic acids is 1. The van der Waals surface area contributed by atoms with Crippen molar-refractivity contribution in [2.75, 3.05) is 26.2 Å². The van der Waals surface area contributed by atoms with Crippen molar-refractivity contribution in [3.05, 3.63) is 35.4 Å². The van der Waals surface area contributed by atoms with E-state index in [-0.39, 0.29) is 30.9 Å². The number of aliphatic hydroxyl groups excluding tert-OH is 1. The van der Waals surface area contributed by atoms with Crippen molar-refractivity contribution in [2.24, 2.45) is 0 Å². The van der Waals surface area contributed by atoms with Crippen molar-refractivity contribution in [3.8, 4) is 0 Å². The minimum Gasteiger partial charge on any atom is -0.394 e. The molecule has 0 spiro atoms. The lowest BCUT2D eigenvalue weighted by molar-refractivity contribution is -0.0926. The van der Waals surface area contributed by atoms with Crippen LogP contribution in [0.4, 0.5) is 8.78 Å². The average Bonchev–Trinajstić information content (AvgIpc) is 2.37. The van der Waals surface area contributed by atoms with E-state index in [2.05, 4.69) is 0 Å². The predicted molar refractivity (Wildman–Crippen MR) is 68.5 cm³/mol. The van der Waals surface area contributed by atoms with E-state index in [0.29, 0.717) is 19.2 Å². The van der Waals surface area contributed by atoms with Gasteiger partial charge in [-0.2, -0.15) is 0 Å². The molecule has 1 aliphatic rings. The molecule has 0 aromatic heterocycles. The van der Waals surface area contributed by atoms with E-state index in [1.807, 2.05) is 6.92 Å². The molecule has 1 N–H and O–H groups in total. The Morgan fingerprint density at radius 2 is 2.20 bits per heavy atom. The highest BCUT2D eigenvalue weighted by molar-refractivity contribution is 5.97. The van der Waals surface area contributed by atoms with E-state index in [0.717, 1.165) is 12.1 Å². The van der Waals surface area contributed by atoms with E-state index in [9.17, 15) is 13.6 Å². The molecule has 0 aliphatic carbocycles. The number of benzene rings is 1. The van der Waals surface area contributed by atoms with Gasteiger partial charge < -0.3 is 9.84 Å². The number of Topliss-reactive ketones (excluding diaryl/α,β-unsaturated/α-hetero) is 1. The largest absolute Gasteiger partial charge is 0.394 e. The van der Waals surface area contributed by atoms with Gasteiger partial charge in [-0.25, -0.2) is 8.78 Å². The summed E-state index contributed by atoms with van der Waals surface area (Å²) in [4.78, 5) is 13.8.